The van der Waals surface area contributed by atoms with E-state index in [0.717, 1.165) is 56.4 Å². The number of Topliss-reactive ketones (excluding diaryl/α,β-unsaturated/α-hetero) is 1. The third kappa shape index (κ3) is 10.7. The van der Waals surface area contributed by atoms with Crippen LogP contribution in [0.2, 0.25) is 15.1 Å². The molecule has 6 rings (SSSR count). The first-order chi connectivity index (χ1) is 27.1. The summed E-state index contributed by atoms with van der Waals surface area (Å²) in [5.41, 5.74) is 4.00. The molecule has 0 saturated carbocycles. The van der Waals surface area contributed by atoms with Crippen LogP contribution in [0.25, 0.3) is 11.1 Å². The van der Waals surface area contributed by atoms with Crippen LogP contribution in [-0.2, 0) is 29.3 Å². The molecule has 2 aliphatic rings. The maximum Gasteiger partial charge on any atom is 0.320 e. The molecule has 2 saturated heterocycles. The second kappa shape index (κ2) is 19.7. The minimum absolute atomic E-state index is 0.0874. The number of likely N-dealkylation sites (tertiary alicyclic amines) is 2. The third-order valence-corrected chi connectivity index (χ3v) is 11.4. The van der Waals surface area contributed by atoms with Gasteiger partial charge in [-0.1, -0.05) is 71.6 Å². The lowest BCUT2D eigenvalue weighted by atomic mass is 10.0. The fourth-order valence-electron chi connectivity index (χ4n) is 7.46. The Morgan fingerprint density at radius 1 is 0.893 bits per heavy atom. The topological polar surface area (TPSA) is 125 Å². The van der Waals surface area contributed by atoms with Gasteiger partial charge in [0.1, 0.15) is 48.4 Å². The van der Waals surface area contributed by atoms with Crippen molar-refractivity contribution in [3.63, 3.8) is 0 Å². The Labute approximate surface area is 342 Å². The van der Waals surface area contributed by atoms with E-state index in [-0.39, 0.29) is 19.0 Å². The van der Waals surface area contributed by atoms with Crippen molar-refractivity contribution in [2.75, 3.05) is 32.8 Å². The molecule has 294 valence electrons. The highest BCUT2D eigenvalue weighted by Gasteiger charge is 2.29. The molecule has 2 aliphatic heterocycles. The van der Waals surface area contributed by atoms with E-state index in [4.69, 9.17) is 49.0 Å². The number of hydrogen-bond acceptors (Lipinski definition) is 9. The van der Waals surface area contributed by atoms with Gasteiger partial charge in [-0.15, -0.1) is 0 Å². The summed E-state index contributed by atoms with van der Waals surface area (Å²) in [5.74, 6) is 1.25. The van der Waals surface area contributed by atoms with Gasteiger partial charge in [0.05, 0.1) is 27.2 Å². The normalized spacial score (nSPS) is 17.3. The first-order valence-corrected chi connectivity index (χ1v) is 20.0. The van der Waals surface area contributed by atoms with Crippen LogP contribution < -0.4 is 14.2 Å². The fourth-order valence-corrected chi connectivity index (χ4v) is 8.26. The van der Waals surface area contributed by atoms with E-state index in [1.54, 1.807) is 31.3 Å². The van der Waals surface area contributed by atoms with Crippen molar-refractivity contribution in [3.8, 4) is 34.4 Å². The number of carboxylic acid groups (broad SMARTS) is 1. The average Bonchev–Trinajstić information content (AvgIpc) is 3.63. The van der Waals surface area contributed by atoms with Crippen molar-refractivity contribution in [2.45, 2.75) is 71.2 Å². The van der Waals surface area contributed by atoms with Crippen LogP contribution in [0.4, 0.5) is 0 Å². The van der Waals surface area contributed by atoms with Gasteiger partial charge in [0.15, 0.2) is 0 Å². The van der Waals surface area contributed by atoms with E-state index in [1.165, 1.54) is 6.20 Å². The van der Waals surface area contributed by atoms with Gasteiger partial charge in [-0.2, -0.15) is 5.26 Å². The van der Waals surface area contributed by atoms with Crippen LogP contribution in [0.5, 0.6) is 17.2 Å². The SMILES string of the molecule is CC(=O)CC1CCN(CCCOc2cccc(-c3cccc(COc4cc(OCc5cncc(C#N)c5)c(CN5CCCC[C@H]5C(=O)O)cc4Cl)c3Cl)c2Cl)C1. The molecule has 3 heterocycles. The zero-order chi connectivity index (χ0) is 39.6. The van der Waals surface area contributed by atoms with Gasteiger partial charge < -0.3 is 29.0 Å². The molecule has 10 nitrogen and oxygen atoms in total. The van der Waals surface area contributed by atoms with Crippen LogP contribution in [0.3, 0.4) is 0 Å². The van der Waals surface area contributed by atoms with Crippen molar-refractivity contribution < 1.29 is 28.9 Å². The van der Waals surface area contributed by atoms with Crippen LogP contribution >= 0.6 is 34.8 Å². The number of benzene rings is 3. The zero-order valence-electron chi connectivity index (χ0n) is 31.3. The first-order valence-electron chi connectivity index (χ1n) is 18.9. The molecule has 0 bridgehead atoms. The van der Waals surface area contributed by atoms with Crippen molar-refractivity contribution in [1.29, 1.82) is 5.26 Å². The van der Waals surface area contributed by atoms with Crippen LogP contribution in [0.15, 0.2) is 67.0 Å². The summed E-state index contributed by atoms with van der Waals surface area (Å²) in [7, 11) is 0. The number of carboxylic acids is 1. The Hall–Kier alpha value is -4.37. The lowest BCUT2D eigenvalue weighted by Crippen LogP contribution is -2.44. The van der Waals surface area contributed by atoms with Gasteiger partial charge in [-0.25, -0.2) is 0 Å². The van der Waals surface area contributed by atoms with Crippen molar-refractivity contribution in [2.24, 2.45) is 5.92 Å². The standard InChI is InChI=1S/C43H45Cl3N4O6/c1-28(51)17-29-12-15-49(24-29)13-6-16-54-38-11-5-9-35(42(38)46)34-8-4-7-32(41(34)45)27-56-40-20-39(55-26-31-18-30(21-47)22-48-23-31)33(19-36(40)44)25-50-14-3-2-10-37(50)43(52)53/h4-5,7-9,11,18-20,22-23,29,37H,2-3,6,10,12-17,24-27H2,1H3,(H,52,53)/t29?,37-/m0/s1. The number of hydrogen-bond donors (Lipinski definition) is 1. The minimum Gasteiger partial charge on any atom is -0.492 e. The molecule has 1 unspecified atom stereocenters. The van der Waals surface area contributed by atoms with Crippen molar-refractivity contribution >= 4 is 46.6 Å². The molecule has 2 fully saturated rings. The summed E-state index contributed by atoms with van der Waals surface area (Å²) in [5, 5.41) is 20.5. The highest BCUT2D eigenvalue weighted by atomic mass is 35.5. The summed E-state index contributed by atoms with van der Waals surface area (Å²) in [6.07, 6.45) is 7.98. The molecule has 13 heteroatoms. The second-order valence-electron chi connectivity index (χ2n) is 14.4. The lowest BCUT2D eigenvalue weighted by molar-refractivity contribution is -0.144. The van der Waals surface area contributed by atoms with Gasteiger partial charge in [0, 0.05) is 72.3 Å². The van der Waals surface area contributed by atoms with Gasteiger partial charge in [0.25, 0.3) is 0 Å². The number of pyridine rings is 1. The van der Waals surface area contributed by atoms with E-state index in [1.807, 2.05) is 41.3 Å². The van der Waals surface area contributed by atoms with Crippen molar-refractivity contribution in [1.82, 2.24) is 14.8 Å². The van der Waals surface area contributed by atoms with Gasteiger partial charge in [-0.3, -0.25) is 14.7 Å². The Kier molecular flexibility index (Phi) is 14.5. The molecule has 0 aliphatic carbocycles. The van der Waals surface area contributed by atoms with Crippen molar-refractivity contribution in [3.05, 3.63) is 104 Å². The molecule has 4 aromatic rings. The number of ether oxygens (including phenoxy) is 3. The number of halogens is 3. The molecular formula is C43H45Cl3N4O6. The number of piperidine rings is 1. The van der Waals surface area contributed by atoms with Crippen LogP contribution in [-0.4, -0.2) is 70.5 Å². The number of rotatable bonds is 17. The monoisotopic (exact) mass is 818 g/mol. The first kappa shape index (κ1) is 41.3. The largest absolute Gasteiger partial charge is 0.492 e. The molecule has 1 N–H and O–H groups in total. The molecule has 2 atom stereocenters. The number of ketones is 1. The molecular weight excluding hydrogens is 775 g/mol. The number of aliphatic carboxylic acids is 1. The molecule has 0 spiro atoms. The van der Waals surface area contributed by atoms with E-state index in [0.29, 0.717) is 93.0 Å². The smallest absolute Gasteiger partial charge is 0.320 e. The Morgan fingerprint density at radius 3 is 2.46 bits per heavy atom. The second-order valence-corrected chi connectivity index (χ2v) is 15.6. The zero-order valence-corrected chi connectivity index (χ0v) is 33.6. The highest BCUT2D eigenvalue weighted by Crippen LogP contribution is 2.41. The molecule has 0 amide bonds. The number of carbonyl (C=O) groups is 2. The molecule has 3 aromatic carbocycles. The predicted molar refractivity (Wildman–Crippen MR) is 217 cm³/mol. The van der Waals surface area contributed by atoms with Gasteiger partial charge in [-0.05, 0) is 69.8 Å². The summed E-state index contributed by atoms with van der Waals surface area (Å²) >= 11 is 20.7. The number of aromatic nitrogens is 1. The fraction of sp³-hybridized carbons (Fsp3) is 0.395. The lowest BCUT2D eigenvalue weighted by Gasteiger charge is -2.33. The minimum atomic E-state index is -0.855. The van der Waals surface area contributed by atoms with E-state index in [9.17, 15) is 20.0 Å². The highest BCUT2D eigenvalue weighted by molar-refractivity contribution is 6.37. The Morgan fingerprint density at radius 2 is 1.68 bits per heavy atom. The van der Waals surface area contributed by atoms with E-state index in [2.05, 4.69) is 16.0 Å². The predicted octanol–water partition coefficient (Wildman–Crippen LogP) is 9.25. The maximum absolute atomic E-state index is 12.1. The summed E-state index contributed by atoms with van der Waals surface area (Å²) in [6, 6.07) is 18.0. The Balaban J connectivity index is 1.15. The maximum atomic E-state index is 12.1. The summed E-state index contributed by atoms with van der Waals surface area (Å²) in [4.78, 5) is 32.0. The quantitative estimate of drug-likeness (QED) is 0.103. The molecule has 0 radical (unpaired) electrons. The molecule has 1 aromatic heterocycles. The van der Waals surface area contributed by atoms with E-state index >= 15 is 0 Å². The van der Waals surface area contributed by atoms with E-state index < -0.39 is 12.0 Å². The number of nitrogens with zero attached hydrogens (tertiary/aromatic N) is 4. The number of nitriles is 1. The average molecular weight is 820 g/mol. The van der Waals surface area contributed by atoms with Gasteiger partial charge >= 0.3 is 5.97 Å². The Bertz CT molecular complexity index is 2070. The van der Waals surface area contributed by atoms with Crippen LogP contribution in [0, 0.1) is 17.2 Å². The van der Waals surface area contributed by atoms with Gasteiger partial charge in [0.2, 0.25) is 0 Å². The number of carbonyl (C=O) groups excluding carboxylic acids is 1. The summed E-state index contributed by atoms with van der Waals surface area (Å²) in [6.45, 7) is 6.19. The summed E-state index contributed by atoms with van der Waals surface area (Å²) < 4.78 is 18.7. The third-order valence-electron chi connectivity index (χ3n) is 10.2. The van der Waals surface area contributed by atoms with Crippen LogP contribution in [0.1, 0.15) is 67.7 Å². The molecule has 56 heavy (non-hydrogen) atoms.